The standard InChI is InChI=1S/C15H19NO3/c1-10(2)9-12-13(15(17)18-3)19-14(16-12)11-7-5-4-6-8-11/h4-8,10,12-13H,9H2,1-3H3/t12-,13+/m0/s1. The van der Waals surface area contributed by atoms with Gasteiger partial charge in [0.2, 0.25) is 12.0 Å². The maximum absolute atomic E-state index is 11.8. The molecule has 4 nitrogen and oxygen atoms in total. The lowest BCUT2D eigenvalue weighted by atomic mass is 10.0. The Morgan fingerprint density at radius 1 is 1.37 bits per heavy atom. The molecule has 1 heterocycles. The number of nitrogens with zero attached hydrogens (tertiary/aromatic N) is 1. The Morgan fingerprint density at radius 3 is 2.63 bits per heavy atom. The van der Waals surface area contributed by atoms with Gasteiger partial charge in [-0.15, -0.1) is 0 Å². The van der Waals surface area contributed by atoms with E-state index in [4.69, 9.17) is 9.47 Å². The Balaban J connectivity index is 2.21. The van der Waals surface area contributed by atoms with Crippen LogP contribution in [0.5, 0.6) is 0 Å². The third-order valence-corrected chi connectivity index (χ3v) is 3.04. The number of hydrogen-bond donors (Lipinski definition) is 0. The van der Waals surface area contributed by atoms with Crippen molar-refractivity contribution in [3.63, 3.8) is 0 Å². The van der Waals surface area contributed by atoms with Gasteiger partial charge in [0.1, 0.15) is 6.04 Å². The fourth-order valence-electron chi connectivity index (χ4n) is 2.15. The van der Waals surface area contributed by atoms with E-state index in [1.807, 2.05) is 30.3 Å². The average Bonchev–Trinajstić information content (AvgIpc) is 2.82. The number of benzene rings is 1. The van der Waals surface area contributed by atoms with Crippen LogP contribution in [0.4, 0.5) is 0 Å². The molecule has 2 rings (SSSR count). The number of rotatable bonds is 4. The van der Waals surface area contributed by atoms with Crippen LogP contribution in [0.3, 0.4) is 0 Å². The quantitative estimate of drug-likeness (QED) is 0.782. The fraction of sp³-hybridized carbons (Fsp3) is 0.467. The Labute approximate surface area is 113 Å². The van der Waals surface area contributed by atoms with Crippen molar-refractivity contribution >= 4 is 11.9 Å². The average molecular weight is 261 g/mol. The van der Waals surface area contributed by atoms with Gasteiger partial charge in [-0.2, -0.15) is 0 Å². The summed E-state index contributed by atoms with van der Waals surface area (Å²) in [4.78, 5) is 16.3. The molecule has 1 aromatic carbocycles. The first-order valence-corrected chi connectivity index (χ1v) is 6.49. The first-order chi connectivity index (χ1) is 9.11. The van der Waals surface area contributed by atoms with E-state index in [9.17, 15) is 4.79 Å². The summed E-state index contributed by atoms with van der Waals surface area (Å²) < 4.78 is 10.5. The van der Waals surface area contributed by atoms with Gasteiger partial charge in [0.15, 0.2) is 0 Å². The minimum atomic E-state index is -0.623. The van der Waals surface area contributed by atoms with Gasteiger partial charge in [0, 0.05) is 5.56 Å². The highest BCUT2D eigenvalue weighted by molar-refractivity contribution is 5.97. The van der Waals surface area contributed by atoms with Crippen LogP contribution in [0.25, 0.3) is 0 Å². The van der Waals surface area contributed by atoms with Gasteiger partial charge in [-0.1, -0.05) is 32.0 Å². The summed E-state index contributed by atoms with van der Waals surface area (Å²) in [5, 5.41) is 0. The second-order valence-corrected chi connectivity index (χ2v) is 5.06. The van der Waals surface area contributed by atoms with Gasteiger partial charge in [-0.25, -0.2) is 9.79 Å². The Kier molecular flexibility index (Phi) is 4.20. The molecule has 0 aromatic heterocycles. The van der Waals surface area contributed by atoms with Crippen molar-refractivity contribution in [2.75, 3.05) is 7.11 Å². The second-order valence-electron chi connectivity index (χ2n) is 5.06. The molecule has 2 atom stereocenters. The number of hydrogen-bond acceptors (Lipinski definition) is 4. The first kappa shape index (κ1) is 13.6. The molecule has 1 aliphatic rings. The highest BCUT2D eigenvalue weighted by Crippen LogP contribution is 2.24. The predicted octanol–water partition coefficient (Wildman–Crippen LogP) is 2.42. The third kappa shape index (κ3) is 3.13. The molecule has 0 radical (unpaired) electrons. The fourth-order valence-corrected chi connectivity index (χ4v) is 2.15. The number of carbonyl (C=O) groups excluding carboxylic acids is 1. The zero-order valence-electron chi connectivity index (χ0n) is 11.5. The maximum atomic E-state index is 11.8. The number of aliphatic imine (C=N–C) groups is 1. The van der Waals surface area contributed by atoms with Gasteiger partial charge >= 0.3 is 5.97 Å². The molecule has 0 unspecified atom stereocenters. The van der Waals surface area contributed by atoms with Crippen LogP contribution in [-0.2, 0) is 14.3 Å². The number of carbonyl (C=O) groups is 1. The van der Waals surface area contributed by atoms with E-state index in [1.54, 1.807) is 0 Å². The van der Waals surface area contributed by atoms with Crippen LogP contribution < -0.4 is 0 Å². The zero-order valence-corrected chi connectivity index (χ0v) is 11.5. The van der Waals surface area contributed by atoms with Crippen molar-refractivity contribution in [3.8, 4) is 0 Å². The maximum Gasteiger partial charge on any atom is 0.349 e. The number of ether oxygens (including phenoxy) is 2. The van der Waals surface area contributed by atoms with E-state index in [0.29, 0.717) is 11.8 Å². The molecule has 19 heavy (non-hydrogen) atoms. The summed E-state index contributed by atoms with van der Waals surface area (Å²) in [6, 6.07) is 9.45. The largest absolute Gasteiger partial charge is 0.466 e. The van der Waals surface area contributed by atoms with E-state index < -0.39 is 6.10 Å². The summed E-state index contributed by atoms with van der Waals surface area (Å²) in [5.41, 5.74) is 0.891. The van der Waals surface area contributed by atoms with Crippen molar-refractivity contribution < 1.29 is 14.3 Å². The molecule has 0 amide bonds. The lowest BCUT2D eigenvalue weighted by Gasteiger charge is -2.16. The minimum Gasteiger partial charge on any atom is -0.466 e. The highest BCUT2D eigenvalue weighted by Gasteiger charge is 2.38. The summed E-state index contributed by atoms with van der Waals surface area (Å²) in [6.45, 7) is 4.20. The van der Waals surface area contributed by atoms with Crippen LogP contribution in [0, 0.1) is 5.92 Å². The monoisotopic (exact) mass is 261 g/mol. The lowest BCUT2D eigenvalue weighted by molar-refractivity contribution is -0.149. The van der Waals surface area contributed by atoms with Gasteiger partial charge in [-0.05, 0) is 24.5 Å². The number of methoxy groups -OCH3 is 1. The molecule has 0 spiro atoms. The molecule has 102 valence electrons. The van der Waals surface area contributed by atoms with Crippen molar-refractivity contribution in [1.82, 2.24) is 0 Å². The van der Waals surface area contributed by atoms with Gasteiger partial charge < -0.3 is 9.47 Å². The first-order valence-electron chi connectivity index (χ1n) is 6.49. The van der Waals surface area contributed by atoms with Crippen molar-refractivity contribution in [2.45, 2.75) is 32.4 Å². The molecular weight excluding hydrogens is 242 g/mol. The second kappa shape index (κ2) is 5.87. The van der Waals surface area contributed by atoms with Crippen molar-refractivity contribution in [3.05, 3.63) is 35.9 Å². The van der Waals surface area contributed by atoms with Crippen LogP contribution >= 0.6 is 0 Å². The zero-order chi connectivity index (χ0) is 13.8. The van der Waals surface area contributed by atoms with Crippen LogP contribution in [-0.4, -0.2) is 31.1 Å². The molecular formula is C15H19NO3. The smallest absolute Gasteiger partial charge is 0.349 e. The summed E-state index contributed by atoms with van der Waals surface area (Å²) in [6.07, 6.45) is 0.179. The lowest BCUT2D eigenvalue weighted by Crippen LogP contribution is -2.33. The van der Waals surface area contributed by atoms with Gasteiger partial charge in [0.25, 0.3) is 0 Å². The van der Waals surface area contributed by atoms with Crippen LogP contribution in [0.2, 0.25) is 0 Å². The molecule has 0 saturated carbocycles. The topological polar surface area (TPSA) is 47.9 Å². The van der Waals surface area contributed by atoms with E-state index in [-0.39, 0.29) is 12.0 Å². The van der Waals surface area contributed by atoms with E-state index in [0.717, 1.165) is 12.0 Å². The molecule has 1 aliphatic heterocycles. The summed E-state index contributed by atoms with van der Waals surface area (Å²) >= 11 is 0. The number of esters is 1. The van der Waals surface area contributed by atoms with Crippen molar-refractivity contribution in [1.29, 1.82) is 0 Å². The van der Waals surface area contributed by atoms with Crippen molar-refractivity contribution in [2.24, 2.45) is 10.9 Å². The minimum absolute atomic E-state index is 0.164. The molecule has 0 fully saturated rings. The molecule has 4 heteroatoms. The molecule has 0 aliphatic carbocycles. The SMILES string of the molecule is COC(=O)[C@@H]1OC(c2ccccc2)=N[C@H]1CC(C)C. The van der Waals surface area contributed by atoms with Gasteiger partial charge in [0.05, 0.1) is 7.11 Å². The molecule has 0 bridgehead atoms. The summed E-state index contributed by atoms with van der Waals surface area (Å²) in [7, 11) is 1.37. The van der Waals surface area contributed by atoms with Crippen LogP contribution in [0.15, 0.2) is 35.3 Å². The van der Waals surface area contributed by atoms with E-state index in [1.165, 1.54) is 7.11 Å². The Morgan fingerprint density at radius 2 is 2.05 bits per heavy atom. The highest BCUT2D eigenvalue weighted by atomic mass is 16.6. The van der Waals surface area contributed by atoms with E-state index >= 15 is 0 Å². The molecule has 0 saturated heterocycles. The van der Waals surface area contributed by atoms with Gasteiger partial charge in [-0.3, -0.25) is 0 Å². The third-order valence-electron chi connectivity index (χ3n) is 3.04. The predicted molar refractivity (Wildman–Crippen MR) is 73.1 cm³/mol. The normalized spacial score (nSPS) is 22.0. The van der Waals surface area contributed by atoms with E-state index in [2.05, 4.69) is 18.8 Å². The molecule has 0 N–H and O–H groups in total. The Bertz CT molecular complexity index is 468. The summed E-state index contributed by atoms with van der Waals surface area (Å²) in [5.74, 6) is 0.613. The molecule has 1 aromatic rings. The Hall–Kier alpha value is -1.84. The van der Waals surface area contributed by atoms with Crippen LogP contribution in [0.1, 0.15) is 25.8 Å².